The molecule has 1 unspecified atom stereocenters. The third kappa shape index (κ3) is 8.34. The van der Waals surface area contributed by atoms with E-state index in [0.717, 1.165) is 98.5 Å². The lowest BCUT2D eigenvalue weighted by Gasteiger charge is -2.36. The van der Waals surface area contributed by atoms with Crippen LogP contribution in [0.15, 0.2) is 85.3 Å². The Morgan fingerprint density at radius 2 is 1.67 bits per heavy atom. The number of nitrogens with two attached hydrogens (primary N) is 1. The molecule has 3 fully saturated rings. The molecular formula is C48H49FN12O5. The lowest BCUT2D eigenvalue weighted by Crippen LogP contribution is -2.52. The first-order valence-electron chi connectivity index (χ1n) is 22.2. The van der Waals surface area contributed by atoms with Gasteiger partial charge >= 0.3 is 0 Å². The number of benzene rings is 3. The first kappa shape index (κ1) is 42.5. The van der Waals surface area contributed by atoms with Crippen molar-refractivity contribution in [2.45, 2.75) is 57.4 Å². The molecule has 0 aliphatic carbocycles. The molecule has 7 heterocycles. The van der Waals surface area contributed by atoms with Gasteiger partial charge in [-0.2, -0.15) is 5.10 Å². The number of ether oxygens (including phenoxy) is 1. The molecule has 3 aromatic heterocycles. The third-order valence-electron chi connectivity index (χ3n) is 13.2. The highest BCUT2D eigenvalue weighted by atomic mass is 19.1. The monoisotopic (exact) mass is 892 g/mol. The van der Waals surface area contributed by atoms with E-state index >= 15 is 0 Å². The van der Waals surface area contributed by atoms with Gasteiger partial charge in [0.1, 0.15) is 41.3 Å². The molecule has 66 heavy (non-hydrogen) atoms. The molecule has 3 saturated heterocycles. The number of fused-ring (bicyclic) bond motifs is 2. The molecule has 4 aliphatic heterocycles. The number of nitrogens with zero attached hydrogens (tertiary/aromatic N) is 9. The minimum Gasteiger partial charge on any atom is -0.496 e. The Labute approximate surface area is 379 Å². The number of hydrogen-bond acceptors (Lipinski definition) is 13. The standard InChI is InChI=1S/C48H49FN12O5/c1-66-39-11-7-33(49)23-37(39)46(63)52-24-29-2-5-31(6-3-29)43-42-44(50)53-28-54-45(42)61(56-43)34-14-16-59(17-15-34)40-12-4-30(25-51-40)26-57-18-20-58(21-19-57)35-8-9-36-32(22-35)27-60(48(36)65)38-10-13-41(62)55-47(38)64/h2-9,11-12,22-23,25,28,34,38H,10,13-21,24,26-27H2,1H3,(H,52,63)(H2,50,53,54)(H,55,62,64). The van der Waals surface area contributed by atoms with Gasteiger partial charge in [-0.1, -0.05) is 30.3 Å². The van der Waals surface area contributed by atoms with Gasteiger partial charge in [-0.25, -0.2) is 24.0 Å². The van der Waals surface area contributed by atoms with E-state index in [1.54, 1.807) is 4.90 Å². The molecule has 1 atom stereocenters. The van der Waals surface area contributed by atoms with Crippen molar-refractivity contribution < 1.29 is 28.3 Å². The maximum atomic E-state index is 13.9. The molecule has 3 aromatic carbocycles. The summed E-state index contributed by atoms with van der Waals surface area (Å²) in [5, 5.41) is 11.0. The average Bonchev–Trinajstić information content (AvgIpc) is 3.89. The zero-order valence-electron chi connectivity index (χ0n) is 36.5. The normalized spacial score (nSPS) is 18.2. The Hall–Kier alpha value is -7.47. The number of pyridine rings is 1. The van der Waals surface area contributed by atoms with Gasteiger partial charge in [0.25, 0.3) is 11.8 Å². The molecule has 0 radical (unpaired) electrons. The van der Waals surface area contributed by atoms with Gasteiger partial charge in [0.2, 0.25) is 11.8 Å². The summed E-state index contributed by atoms with van der Waals surface area (Å²) in [6.07, 6.45) is 5.70. The van der Waals surface area contributed by atoms with Crippen LogP contribution in [0.25, 0.3) is 22.3 Å². The highest BCUT2D eigenvalue weighted by molar-refractivity contribution is 6.05. The number of hydrogen-bond donors (Lipinski definition) is 3. The molecule has 18 heteroatoms. The summed E-state index contributed by atoms with van der Waals surface area (Å²) < 4.78 is 21.1. The molecule has 17 nitrogen and oxygen atoms in total. The number of aromatic nitrogens is 5. The molecular weight excluding hydrogens is 844 g/mol. The van der Waals surface area contributed by atoms with Crippen LogP contribution in [0.3, 0.4) is 0 Å². The molecule has 0 spiro atoms. The summed E-state index contributed by atoms with van der Waals surface area (Å²) in [4.78, 5) is 72.6. The number of nitrogen functional groups attached to an aromatic ring is 1. The number of nitrogens with one attached hydrogen (secondary N) is 2. The van der Waals surface area contributed by atoms with Crippen molar-refractivity contribution in [3.63, 3.8) is 0 Å². The molecule has 338 valence electrons. The summed E-state index contributed by atoms with van der Waals surface area (Å²) in [7, 11) is 1.44. The first-order chi connectivity index (χ1) is 32.1. The zero-order chi connectivity index (χ0) is 45.5. The Bertz CT molecular complexity index is 2840. The van der Waals surface area contributed by atoms with E-state index in [1.807, 2.05) is 47.3 Å². The van der Waals surface area contributed by atoms with Crippen molar-refractivity contribution in [2.24, 2.45) is 0 Å². The van der Waals surface area contributed by atoms with E-state index in [0.29, 0.717) is 46.8 Å². The van der Waals surface area contributed by atoms with E-state index in [9.17, 15) is 23.6 Å². The van der Waals surface area contributed by atoms with E-state index < -0.39 is 23.7 Å². The minimum absolute atomic E-state index is 0.0888. The van der Waals surface area contributed by atoms with Crippen molar-refractivity contribution in [3.05, 3.63) is 119 Å². The number of rotatable bonds is 11. The lowest BCUT2D eigenvalue weighted by molar-refractivity contribution is -0.136. The van der Waals surface area contributed by atoms with Gasteiger partial charge in [-0.15, -0.1) is 0 Å². The summed E-state index contributed by atoms with van der Waals surface area (Å²) in [6, 6.07) is 21.2. The van der Waals surface area contributed by atoms with E-state index in [-0.39, 0.29) is 36.4 Å². The summed E-state index contributed by atoms with van der Waals surface area (Å²) in [5.41, 5.74) is 13.4. The number of carbonyl (C=O) groups is 4. The number of anilines is 3. The van der Waals surface area contributed by atoms with E-state index in [4.69, 9.17) is 20.6 Å². The zero-order valence-corrected chi connectivity index (χ0v) is 36.5. The average molecular weight is 893 g/mol. The Balaban J connectivity index is 0.725. The second-order valence-electron chi connectivity index (χ2n) is 17.2. The van der Waals surface area contributed by atoms with E-state index in [2.05, 4.69) is 53.5 Å². The van der Waals surface area contributed by atoms with Gasteiger partial charge in [-0.3, -0.25) is 29.4 Å². The fraction of sp³-hybridized carbons (Fsp3) is 0.333. The number of imide groups is 1. The van der Waals surface area contributed by atoms with Crippen LogP contribution in [-0.4, -0.2) is 111 Å². The van der Waals surface area contributed by atoms with Crippen LogP contribution in [0.5, 0.6) is 5.75 Å². The van der Waals surface area contributed by atoms with E-state index in [1.165, 1.54) is 25.6 Å². The van der Waals surface area contributed by atoms with Gasteiger partial charge < -0.3 is 30.5 Å². The SMILES string of the molecule is COc1ccc(F)cc1C(=O)NCc1ccc(-c2nn(C3CCN(c4ccc(CN5CCN(c6ccc7c(c6)CN(C6CCC(=O)NC6=O)C7=O)CC5)cn4)CC3)c3ncnc(N)c23)cc1. The molecule has 4 aliphatic rings. The molecule has 10 rings (SSSR count). The fourth-order valence-corrected chi connectivity index (χ4v) is 9.58. The Morgan fingerprint density at radius 1 is 0.879 bits per heavy atom. The number of methoxy groups -OCH3 is 1. The molecule has 4 amide bonds. The second-order valence-corrected chi connectivity index (χ2v) is 17.2. The molecule has 0 saturated carbocycles. The van der Waals surface area contributed by atoms with Gasteiger partial charge in [0.15, 0.2) is 5.65 Å². The van der Waals surface area contributed by atoms with Crippen LogP contribution in [0.1, 0.15) is 69.1 Å². The summed E-state index contributed by atoms with van der Waals surface area (Å²) >= 11 is 0. The topological polar surface area (TPSA) is 197 Å². The number of carbonyl (C=O) groups excluding carboxylic acids is 4. The summed E-state index contributed by atoms with van der Waals surface area (Å²) in [5.74, 6) is -0.220. The highest BCUT2D eigenvalue weighted by Crippen LogP contribution is 2.36. The van der Waals surface area contributed by atoms with Crippen LogP contribution in [0.2, 0.25) is 0 Å². The Morgan fingerprint density at radius 3 is 2.41 bits per heavy atom. The van der Waals surface area contributed by atoms with Gasteiger partial charge in [0, 0.05) is 88.3 Å². The number of piperazine rings is 1. The Kier molecular flexibility index (Phi) is 11.5. The van der Waals surface area contributed by atoms with Gasteiger partial charge in [0.05, 0.1) is 24.1 Å². The van der Waals surface area contributed by atoms with Crippen molar-refractivity contribution >= 4 is 52.0 Å². The third-order valence-corrected chi connectivity index (χ3v) is 13.2. The quantitative estimate of drug-likeness (QED) is 0.154. The highest BCUT2D eigenvalue weighted by Gasteiger charge is 2.39. The van der Waals surface area contributed by atoms with Crippen molar-refractivity contribution in [2.75, 3.05) is 61.9 Å². The minimum atomic E-state index is -0.622. The van der Waals surface area contributed by atoms with Crippen LogP contribution < -0.4 is 30.9 Å². The summed E-state index contributed by atoms with van der Waals surface area (Å²) in [6.45, 7) is 6.45. The lowest BCUT2D eigenvalue weighted by atomic mass is 10.0. The number of amides is 4. The van der Waals surface area contributed by atoms with Crippen molar-refractivity contribution in [1.82, 2.24) is 45.2 Å². The predicted octanol–water partition coefficient (Wildman–Crippen LogP) is 4.47. The van der Waals surface area contributed by atoms with Crippen LogP contribution in [0.4, 0.5) is 21.7 Å². The number of piperidine rings is 2. The van der Waals surface area contributed by atoms with Crippen LogP contribution in [-0.2, 0) is 29.2 Å². The molecule has 0 bridgehead atoms. The van der Waals surface area contributed by atoms with Crippen molar-refractivity contribution in [1.29, 1.82) is 0 Å². The van der Waals surface area contributed by atoms with Crippen molar-refractivity contribution in [3.8, 4) is 17.0 Å². The fourth-order valence-electron chi connectivity index (χ4n) is 9.58. The second kappa shape index (κ2) is 17.8. The van der Waals surface area contributed by atoms with Crippen LogP contribution >= 0.6 is 0 Å². The maximum Gasteiger partial charge on any atom is 0.255 e. The largest absolute Gasteiger partial charge is 0.496 e. The molecule has 4 N–H and O–H groups in total. The number of halogens is 1. The predicted molar refractivity (Wildman–Crippen MR) is 244 cm³/mol. The maximum absolute atomic E-state index is 13.9. The first-order valence-corrected chi connectivity index (χ1v) is 22.2. The molecule has 6 aromatic rings. The van der Waals surface area contributed by atoms with Crippen LogP contribution in [0, 0.1) is 5.82 Å². The smallest absolute Gasteiger partial charge is 0.255 e. The van der Waals surface area contributed by atoms with Gasteiger partial charge in [-0.05, 0) is 78.4 Å².